The Kier molecular flexibility index (Phi) is 7.09. The molecule has 0 saturated carbocycles. The summed E-state index contributed by atoms with van der Waals surface area (Å²) in [7, 11) is 0. The Balaban J connectivity index is 1.40. The predicted molar refractivity (Wildman–Crippen MR) is 137 cm³/mol. The van der Waals surface area contributed by atoms with Crippen molar-refractivity contribution in [1.82, 2.24) is 10.3 Å². The minimum Gasteiger partial charge on any atom is -0.331 e. The van der Waals surface area contributed by atoms with Crippen molar-refractivity contribution in [3.63, 3.8) is 0 Å². The van der Waals surface area contributed by atoms with Crippen molar-refractivity contribution in [3.05, 3.63) is 76.8 Å². The minimum absolute atomic E-state index is 0.185. The quantitative estimate of drug-likeness (QED) is 0.229. The van der Waals surface area contributed by atoms with Gasteiger partial charge >= 0.3 is 0 Å². The number of thiocarbonyl (C=S) groups is 1. The maximum Gasteiger partial charge on any atom is 0.236 e. The van der Waals surface area contributed by atoms with Gasteiger partial charge in [-0.25, -0.2) is 4.98 Å². The number of hydrogen-bond donors (Lipinski definition) is 2. The first kappa shape index (κ1) is 22.0. The summed E-state index contributed by atoms with van der Waals surface area (Å²) < 4.78 is 1.11. The summed E-state index contributed by atoms with van der Waals surface area (Å²) in [4.78, 5) is 17.9. The third-order valence-corrected chi connectivity index (χ3v) is 7.08. The monoisotopic (exact) mass is 503 g/mol. The number of benzene rings is 3. The van der Waals surface area contributed by atoms with Gasteiger partial charge in [0.1, 0.15) is 5.01 Å². The standard InChI is InChI=1S/C22H15Cl2N3OS3/c23-14-6-8-15(9-7-14)30-12-20(28)27-22(29)26-18-11-13(5-10-16(18)24)21-25-17-3-1-2-4-19(17)31-21/h1-11H,12H2,(H2,26,27,28,29). The Hall–Kier alpha value is -2.16. The number of nitrogens with zero attached hydrogens (tertiary/aromatic N) is 1. The van der Waals surface area contributed by atoms with E-state index >= 15 is 0 Å². The van der Waals surface area contributed by atoms with Crippen LogP contribution in [0.2, 0.25) is 10.0 Å². The molecule has 31 heavy (non-hydrogen) atoms. The molecule has 0 bridgehead atoms. The molecule has 0 aliphatic heterocycles. The first-order valence-corrected chi connectivity index (χ1v) is 12.1. The van der Waals surface area contributed by atoms with Crippen molar-refractivity contribution in [2.45, 2.75) is 4.90 Å². The average molecular weight is 504 g/mol. The summed E-state index contributed by atoms with van der Waals surface area (Å²) >= 11 is 20.5. The maximum absolute atomic E-state index is 12.2. The van der Waals surface area contributed by atoms with E-state index < -0.39 is 0 Å². The zero-order chi connectivity index (χ0) is 21.8. The van der Waals surface area contributed by atoms with Gasteiger partial charge in [-0.05, 0) is 60.7 Å². The van der Waals surface area contributed by atoms with Crippen molar-refractivity contribution in [1.29, 1.82) is 0 Å². The Bertz CT molecular complexity index is 1230. The Morgan fingerprint density at radius 1 is 1.06 bits per heavy atom. The molecule has 4 rings (SSSR count). The number of thioether (sulfide) groups is 1. The second-order valence-corrected chi connectivity index (χ2v) is 9.76. The third-order valence-electron chi connectivity index (χ3n) is 4.19. The van der Waals surface area contributed by atoms with Gasteiger partial charge < -0.3 is 10.6 Å². The van der Waals surface area contributed by atoms with Crippen LogP contribution in [0.15, 0.2) is 71.6 Å². The summed E-state index contributed by atoms with van der Waals surface area (Å²) in [5, 5.41) is 7.91. The molecular formula is C22H15Cl2N3OS3. The zero-order valence-electron chi connectivity index (χ0n) is 15.9. The zero-order valence-corrected chi connectivity index (χ0v) is 19.9. The van der Waals surface area contributed by atoms with Crippen LogP contribution >= 0.6 is 58.5 Å². The number of aromatic nitrogens is 1. The van der Waals surface area contributed by atoms with Crippen molar-refractivity contribution in [2.24, 2.45) is 0 Å². The number of anilines is 1. The summed E-state index contributed by atoms with van der Waals surface area (Å²) in [5.41, 5.74) is 2.47. The van der Waals surface area contributed by atoms with Crippen molar-refractivity contribution >= 4 is 85.4 Å². The Morgan fingerprint density at radius 2 is 1.84 bits per heavy atom. The van der Waals surface area contributed by atoms with Gasteiger partial charge in [-0.15, -0.1) is 23.1 Å². The van der Waals surface area contributed by atoms with E-state index in [4.69, 9.17) is 35.4 Å². The highest BCUT2D eigenvalue weighted by molar-refractivity contribution is 8.00. The number of rotatable bonds is 5. The fourth-order valence-electron chi connectivity index (χ4n) is 2.75. The molecule has 9 heteroatoms. The normalized spacial score (nSPS) is 10.8. The first-order valence-electron chi connectivity index (χ1n) is 9.12. The fraction of sp³-hybridized carbons (Fsp3) is 0.0455. The van der Waals surface area contributed by atoms with Crippen molar-refractivity contribution in [2.75, 3.05) is 11.1 Å². The number of carbonyl (C=O) groups excluding carboxylic acids is 1. The third kappa shape index (κ3) is 5.75. The van der Waals surface area contributed by atoms with E-state index in [1.54, 1.807) is 29.5 Å². The van der Waals surface area contributed by atoms with Gasteiger partial charge in [0.25, 0.3) is 0 Å². The summed E-state index contributed by atoms with van der Waals surface area (Å²) in [6, 6.07) is 20.9. The molecule has 1 aromatic heterocycles. The molecule has 2 N–H and O–H groups in total. The van der Waals surface area contributed by atoms with Gasteiger partial charge in [-0.3, -0.25) is 4.79 Å². The highest BCUT2D eigenvalue weighted by Crippen LogP contribution is 2.33. The lowest BCUT2D eigenvalue weighted by atomic mass is 10.2. The van der Waals surface area contributed by atoms with E-state index in [-0.39, 0.29) is 16.8 Å². The van der Waals surface area contributed by atoms with E-state index in [1.807, 2.05) is 48.5 Å². The van der Waals surface area contributed by atoms with Crippen LogP contribution in [0.1, 0.15) is 0 Å². The number of nitrogens with one attached hydrogen (secondary N) is 2. The summed E-state index contributed by atoms with van der Waals surface area (Å²) in [6.07, 6.45) is 0. The number of para-hydroxylation sites is 1. The highest BCUT2D eigenvalue weighted by atomic mass is 35.5. The van der Waals surface area contributed by atoms with Gasteiger partial charge in [0.05, 0.1) is 26.7 Å². The molecular weight excluding hydrogens is 489 g/mol. The van der Waals surface area contributed by atoms with Crippen LogP contribution in [0.4, 0.5) is 5.69 Å². The smallest absolute Gasteiger partial charge is 0.236 e. The molecule has 4 aromatic rings. The van der Waals surface area contributed by atoms with Crippen LogP contribution in [0.5, 0.6) is 0 Å². The van der Waals surface area contributed by atoms with E-state index in [9.17, 15) is 4.79 Å². The number of thiazole rings is 1. The van der Waals surface area contributed by atoms with Crippen LogP contribution in [0, 0.1) is 0 Å². The van der Waals surface area contributed by atoms with Crippen LogP contribution in [-0.4, -0.2) is 21.8 Å². The van der Waals surface area contributed by atoms with E-state index in [2.05, 4.69) is 15.6 Å². The molecule has 0 aliphatic rings. The number of hydrogen-bond acceptors (Lipinski definition) is 5. The Morgan fingerprint density at radius 3 is 2.61 bits per heavy atom. The van der Waals surface area contributed by atoms with Crippen LogP contribution in [0.3, 0.4) is 0 Å². The molecule has 0 spiro atoms. The summed E-state index contributed by atoms with van der Waals surface area (Å²) in [5.74, 6) is 0.0130. The van der Waals surface area contributed by atoms with Gasteiger partial charge in [0.2, 0.25) is 5.91 Å². The minimum atomic E-state index is -0.212. The molecule has 1 amide bonds. The second-order valence-electron chi connectivity index (χ2n) is 6.43. The van der Waals surface area contributed by atoms with E-state index in [0.29, 0.717) is 15.7 Å². The van der Waals surface area contributed by atoms with Crippen LogP contribution < -0.4 is 10.6 Å². The average Bonchev–Trinajstić information content (AvgIpc) is 3.19. The van der Waals surface area contributed by atoms with Gasteiger partial charge in [-0.1, -0.05) is 41.4 Å². The molecule has 3 aromatic carbocycles. The van der Waals surface area contributed by atoms with Crippen LogP contribution in [0.25, 0.3) is 20.8 Å². The second kappa shape index (κ2) is 9.97. The molecule has 0 fully saturated rings. The number of fused-ring (bicyclic) bond motifs is 1. The molecule has 0 saturated heterocycles. The molecule has 156 valence electrons. The SMILES string of the molecule is O=C(CSc1ccc(Cl)cc1)NC(=S)Nc1cc(-c2nc3ccccc3s2)ccc1Cl. The van der Waals surface area contributed by atoms with E-state index in [1.165, 1.54) is 11.8 Å². The molecule has 4 nitrogen and oxygen atoms in total. The number of carbonyl (C=O) groups is 1. The van der Waals surface area contributed by atoms with Gasteiger partial charge in [-0.2, -0.15) is 0 Å². The Labute approximate surface area is 203 Å². The lowest BCUT2D eigenvalue weighted by Gasteiger charge is -2.12. The maximum atomic E-state index is 12.2. The molecule has 0 aliphatic carbocycles. The van der Waals surface area contributed by atoms with Crippen molar-refractivity contribution < 1.29 is 4.79 Å². The molecule has 0 unspecified atom stereocenters. The van der Waals surface area contributed by atoms with Crippen LogP contribution in [-0.2, 0) is 4.79 Å². The lowest BCUT2D eigenvalue weighted by Crippen LogP contribution is -2.35. The molecule has 0 radical (unpaired) electrons. The van der Waals surface area contributed by atoms with Crippen molar-refractivity contribution in [3.8, 4) is 10.6 Å². The lowest BCUT2D eigenvalue weighted by molar-refractivity contribution is -0.117. The van der Waals surface area contributed by atoms with Gasteiger partial charge in [0, 0.05) is 15.5 Å². The van der Waals surface area contributed by atoms with E-state index in [0.717, 1.165) is 25.7 Å². The molecule has 0 atom stereocenters. The summed E-state index contributed by atoms with van der Waals surface area (Å²) in [6.45, 7) is 0. The largest absolute Gasteiger partial charge is 0.331 e. The topological polar surface area (TPSA) is 54.0 Å². The van der Waals surface area contributed by atoms with Gasteiger partial charge in [0.15, 0.2) is 5.11 Å². The first-order chi connectivity index (χ1) is 15.0. The fourth-order valence-corrected chi connectivity index (χ4v) is 4.92. The number of halogens is 2. The predicted octanol–water partition coefficient (Wildman–Crippen LogP) is 6.88. The number of amides is 1. The molecule has 1 heterocycles. The highest BCUT2D eigenvalue weighted by Gasteiger charge is 2.11.